The summed E-state index contributed by atoms with van der Waals surface area (Å²) in [5.74, 6) is 0.193. The van der Waals surface area contributed by atoms with Crippen LogP contribution in [-0.4, -0.2) is 66.1 Å². The number of amides is 1. The summed E-state index contributed by atoms with van der Waals surface area (Å²) in [6.07, 6.45) is 3.40. The molecule has 0 bridgehead atoms. The van der Waals surface area contributed by atoms with Crippen LogP contribution in [0, 0.1) is 24.1 Å². The number of thioether (sulfide) groups is 1. The number of unbranched alkanes of at least 4 members (excludes halogenated alkanes) is 1. The van der Waals surface area contributed by atoms with Crippen LogP contribution in [0.3, 0.4) is 0 Å². The summed E-state index contributed by atoms with van der Waals surface area (Å²) in [7, 11) is 1.57. The fraction of sp³-hybridized carbons (Fsp3) is 0.429. The van der Waals surface area contributed by atoms with Gasteiger partial charge in [-0.05, 0) is 37.1 Å². The minimum atomic E-state index is -0.334. The zero-order valence-electron chi connectivity index (χ0n) is 22.4. The van der Waals surface area contributed by atoms with Gasteiger partial charge in [-0.2, -0.15) is 5.26 Å². The summed E-state index contributed by atoms with van der Waals surface area (Å²) >= 11 is 6.66. The van der Waals surface area contributed by atoms with Crippen LogP contribution in [-0.2, 0) is 16.1 Å². The molecule has 2 aromatic rings. The Balaban J connectivity index is 1.78. The molecular weight excluding hydrogens is 537 g/mol. The van der Waals surface area contributed by atoms with E-state index in [-0.39, 0.29) is 22.8 Å². The van der Waals surface area contributed by atoms with E-state index in [2.05, 4.69) is 11.0 Å². The average Bonchev–Trinajstić information content (AvgIpc) is 3.20. The third-order valence-electron chi connectivity index (χ3n) is 7.02. The number of anilines is 2. The van der Waals surface area contributed by atoms with Crippen molar-refractivity contribution in [1.82, 2.24) is 9.47 Å². The van der Waals surface area contributed by atoms with Crippen molar-refractivity contribution in [1.29, 1.82) is 5.26 Å². The van der Waals surface area contributed by atoms with Gasteiger partial charge in [0.2, 0.25) is 0 Å². The van der Waals surface area contributed by atoms with Crippen LogP contribution >= 0.6 is 24.0 Å². The van der Waals surface area contributed by atoms with Gasteiger partial charge in [0, 0.05) is 45.4 Å². The van der Waals surface area contributed by atoms with Crippen LogP contribution in [0.15, 0.2) is 34.0 Å². The van der Waals surface area contributed by atoms with Crippen LogP contribution in [0.4, 0.5) is 15.9 Å². The van der Waals surface area contributed by atoms with Crippen LogP contribution in [0.1, 0.15) is 36.5 Å². The number of piperazine rings is 1. The summed E-state index contributed by atoms with van der Waals surface area (Å²) < 4.78 is 21.7. The van der Waals surface area contributed by atoms with Gasteiger partial charge in [0.25, 0.3) is 11.5 Å². The summed E-state index contributed by atoms with van der Waals surface area (Å²) in [5.41, 5.74) is 1.48. The molecule has 39 heavy (non-hydrogen) atoms. The van der Waals surface area contributed by atoms with E-state index >= 15 is 0 Å². The van der Waals surface area contributed by atoms with Crippen LogP contribution in [0.5, 0.6) is 0 Å². The van der Waals surface area contributed by atoms with Crippen molar-refractivity contribution >= 4 is 51.8 Å². The van der Waals surface area contributed by atoms with Crippen molar-refractivity contribution in [3.05, 3.63) is 62.0 Å². The highest BCUT2D eigenvalue weighted by Gasteiger charge is 2.33. The lowest BCUT2D eigenvalue weighted by Gasteiger charge is -2.39. The third-order valence-corrected chi connectivity index (χ3v) is 8.40. The molecule has 2 fully saturated rings. The number of ether oxygens (including phenoxy) is 1. The van der Waals surface area contributed by atoms with Gasteiger partial charge in [-0.25, -0.2) is 4.39 Å². The number of aromatic nitrogens is 1. The SMILES string of the molecule is CCCCn1c(N2CCN(c3ccccc3F)CC2)c(/C=C2\SC(=S)N(CCOC)C2=O)c(C)c(C#N)c1=O. The number of hydrogen-bond donors (Lipinski definition) is 0. The van der Waals surface area contributed by atoms with E-state index in [1.54, 1.807) is 36.8 Å². The summed E-state index contributed by atoms with van der Waals surface area (Å²) in [6.45, 7) is 7.15. The van der Waals surface area contributed by atoms with Gasteiger partial charge >= 0.3 is 0 Å². The van der Waals surface area contributed by atoms with Gasteiger partial charge < -0.3 is 14.5 Å². The van der Waals surface area contributed by atoms with Crippen molar-refractivity contribution in [3.63, 3.8) is 0 Å². The molecule has 0 aliphatic carbocycles. The van der Waals surface area contributed by atoms with E-state index in [0.717, 1.165) is 12.8 Å². The number of benzene rings is 1. The molecular formula is C28H32FN5O3S2. The number of carbonyl (C=O) groups is 1. The quantitative estimate of drug-likeness (QED) is 0.329. The Hall–Kier alpha value is -3.20. The molecule has 0 N–H and O–H groups in total. The zero-order valence-corrected chi connectivity index (χ0v) is 24.0. The Kier molecular flexibility index (Phi) is 9.43. The number of halogens is 1. The topological polar surface area (TPSA) is 81.8 Å². The first-order valence-corrected chi connectivity index (χ1v) is 14.2. The molecule has 2 saturated heterocycles. The number of nitriles is 1. The maximum Gasteiger partial charge on any atom is 0.270 e. The van der Waals surface area contributed by atoms with Gasteiger partial charge in [0.1, 0.15) is 27.6 Å². The van der Waals surface area contributed by atoms with E-state index in [1.807, 2.05) is 17.9 Å². The maximum atomic E-state index is 14.5. The number of methoxy groups -OCH3 is 1. The lowest BCUT2D eigenvalue weighted by molar-refractivity contribution is -0.122. The molecule has 0 unspecified atom stereocenters. The fourth-order valence-corrected chi connectivity index (χ4v) is 6.17. The minimum absolute atomic E-state index is 0.0703. The molecule has 2 aliphatic heterocycles. The van der Waals surface area contributed by atoms with E-state index in [0.29, 0.717) is 77.7 Å². The van der Waals surface area contributed by atoms with Crippen molar-refractivity contribution in [2.75, 3.05) is 56.2 Å². The molecule has 11 heteroatoms. The second-order valence-corrected chi connectivity index (χ2v) is 11.1. The Labute approximate surface area is 237 Å². The molecule has 1 aromatic heterocycles. The molecule has 2 aliphatic rings. The molecule has 0 atom stereocenters. The number of para-hydroxylation sites is 1. The molecule has 206 valence electrons. The third kappa shape index (κ3) is 5.88. The number of nitrogens with zero attached hydrogens (tertiary/aromatic N) is 5. The van der Waals surface area contributed by atoms with Crippen molar-refractivity contribution < 1.29 is 13.9 Å². The Morgan fingerprint density at radius 2 is 1.85 bits per heavy atom. The summed E-state index contributed by atoms with van der Waals surface area (Å²) in [4.78, 5) is 32.8. The first-order chi connectivity index (χ1) is 18.8. The first-order valence-electron chi connectivity index (χ1n) is 13.0. The smallest absolute Gasteiger partial charge is 0.270 e. The molecule has 8 nitrogen and oxygen atoms in total. The normalized spacial score (nSPS) is 16.9. The number of pyridine rings is 1. The molecule has 0 radical (unpaired) electrons. The van der Waals surface area contributed by atoms with E-state index in [4.69, 9.17) is 17.0 Å². The van der Waals surface area contributed by atoms with Gasteiger partial charge in [0.15, 0.2) is 0 Å². The minimum Gasteiger partial charge on any atom is -0.383 e. The van der Waals surface area contributed by atoms with Gasteiger partial charge in [-0.1, -0.05) is 49.5 Å². The van der Waals surface area contributed by atoms with Gasteiger partial charge in [-0.3, -0.25) is 19.1 Å². The molecule has 1 aromatic carbocycles. The fourth-order valence-electron chi connectivity index (χ4n) is 4.88. The van der Waals surface area contributed by atoms with Crippen molar-refractivity contribution in [2.45, 2.75) is 33.2 Å². The lowest BCUT2D eigenvalue weighted by Crippen LogP contribution is -2.49. The largest absolute Gasteiger partial charge is 0.383 e. The Bertz CT molecular complexity index is 1390. The molecule has 4 rings (SSSR count). The number of rotatable bonds is 9. The highest BCUT2D eigenvalue weighted by atomic mass is 32.2. The molecule has 3 heterocycles. The zero-order chi connectivity index (χ0) is 28.1. The first kappa shape index (κ1) is 28.8. The van der Waals surface area contributed by atoms with Crippen LogP contribution in [0.25, 0.3) is 6.08 Å². The Morgan fingerprint density at radius 1 is 1.15 bits per heavy atom. The maximum absolute atomic E-state index is 14.5. The highest BCUT2D eigenvalue weighted by molar-refractivity contribution is 8.26. The van der Waals surface area contributed by atoms with Crippen molar-refractivity contribution in [2.24, 2.45) is 0 Å². The van der Waals surface area contributed by atoms with Crippen LogP contribution in [0.2, 0.25) is 0 Å². The standard InChI is InChI=1S/C28H32FN5O3S2/c1-4-5-10-33-25(32-13-11-31(12-14-32)23-9-7-6-8-22(23)29)20(19(2)21(18-30)26(33)35)17-24-27(36)34(15-16-37-3)28(38)39-24/h6-9,17H,4-5,10-16H2,1-3H3/b24-17-. The van der Waals surface area contributed by atoms with E-state index < -0.39 is 0 Å². The predicted molar refractivity (Wildman–Crippen MR) is 158 cm³/mol. The van der Waals surface area contributed by atoms with E-state index in [9.17, 15) is 19.2 Å². The van der Waals surface area contributed by atoms with Crippen LogP contribution < -0.4 is 15.4 Å². The molecule has 0 saturated carbocycles. The summed E-state index contributed by atoms with van der Waals surface area (Å²) in [6, 6.07) is 8.80. The van der Waals surface area contributed by atoms with Gasteiger partial charge in [-0.15, -0.1) is 0 Å². The number of thiocarbonyl (C=S) groups is 1. The number of hydrogen-bond acceptors (Lipinski definition) is 8. The second-order valence-electron chi connectivity index (χ2n) is 9.41. The van der Waals surface area contributed by atoms with Gasteiger partial charge in [0.05, 0.1) is 23.7 Å². The van der Waals surface area contributed by atoms with Crippen molar-refractivity contribution in [3.8, 4) is 6.07 Å². The predicted octanol–water partition coefficient (Wildman–Crippen LogP) is 4.14. The molecule has 0 spiro atoms. The molecule has 1 amide bonds. The average molecular weight is 570 g/mol. The summed E-state index contributed by atoms with van der Waals surface area (Å²) in [5, 5.41) is 9.90. The second kappa shape index (κ2) is 12.8. The highest BCUT2D eigenvalue weighted by Crippen LogP contribution is 2.36. The number of carbonyl (C=O) groups excluding carboxylic acids is 1. The lowest BCUT2D eigenvalue weighted by atomic mass is 10.0. The Morgan fingerprint density at radius 3 is 2.49 bits per heavy atom. The van der Waals surface area contributed by atoms with E-state index in [1.165, 1.54) is 22.7 Å². The monoisotopic (exact) mass is 569 g/mol.